The number of piperidine rings is 2. The SMILES string of the molecule is C#C[C@H](CC(=O)OCCCC(C)C)NC(=O)[C@@H]1CCCN(C(=O)CCC2CCN(C(=O)OC(C)(C)C)CC2)C1. The van der Waals surface area contributed by atoms with E-state index in [-0.39, 0.29) is 30.2 Å². The number of ether oxygens (including phenoxy) is 2. The van der Waals surface area contributed by atoms with Crippen LogP contribution in [0.2, 0.25) is 0 Å². The van der Waals surface area contributed by atoms with E-state index in [0.29, 0.717) is 57.5 Å². The first-order valence-corrected chi connectivity index (χ1v) is 14.6. The predicted molar refractivity (Wildman–Crippen MR) is 149 cm³/mol. The fraction of sp³-hybridized carbons (Fsp3) is 0.800. The van der Waals surface area contributed by atoms with Crippen molar-refractivity contribution in [3.8, 4) is 12.3 Å². The van der Waals surface area contributed by atoms with Gasteiger partial charge in [0, 0.05) is 32.6 Å². The lowest BCUT2D eigenvalue weighted by Crippen LogP contribution is -2.47. The Balaban J connectivity index is 1.72. The van der Waals surface area contributed by atoms with E-state index in [2.05, 4.69) is 25.1 Å². The number of nitrogens with zero attached hydrogens (tertiary/aromatic N) is 2. The molecule has 2 aliphatic heterocycles. The summed E-state index contributed by atoms with van der Waals surface area (Å²) < 4.78 is 10.7. The lowest BCUT2D eigenvalue weighted by Gasteiger charge is -2.34. The maximum atomic E-state index is 12.9. The molecule has 2 rings (SSSR count). The number of carbonyl (C=O) groups excluding carboxylic acids is 4. The van der Waals surface area contributed by atoms with Crippen molar-refractivity contribution in [2.24, 2.45) is 17.8 Å². The molecule has 2 aliphatic rings. The highest BCUT2D eigenvalue weighted by atomic mass is 16.6. The molecule has 3 amide bonds. The van der Waals surface area contributed by atoms with Crippen LogP contribution in [0.3, 0.4) is 0 Å². The number of esters is 1. The van der Waals surface area contributed by atoms with Crippen LogP contribution in [0.15, 0.2) is 0 Å². The minimum absolute atomic E-state index is 0.0561. The van der Waals surface area contributed by atoms with Crippen molar-refractivity contribution < 1.29 is 28.7 Å². The first kappa shape index (κ1) is 32.5. The van der Waals surface area contributed by atoms with Gasteiger partial charge in [0.25, 0.3) is 0 Å². The molecular formula is C30H49N3O6. The predicted octanol–water partition coefficient (Wildman–Crippen LogP) is 4.14. The maximum Gasteiger partial charge on any atom is 0.410 e. The molecule has 2 fully saturated rings. The van der Waals surface area contributed by atoms with Crippen molar-refractivity contribution in [3.05, 3.63) is 0 Å². The molecule has 0 aromatic rings. The summed E-state index contributed by atoms with van der Waals surface area (Å²) in [4.78, 5) is 53.7. The summed E-state index contributed by atoms with van der Waals surface area (Å²) in [6.07, 6.45) is 11.3. The molecule has 0 saturated carbocycles. The summed E-state index contributed by atoms with van der Waals surface area (Å²) in [6.45, 7) is 12.4. The zero-order chi connectivity index (χ0) is 29.0. The van der Waals surface area contributed by atoms with E-state index < -0.39 is 17.6 Å². The zero-order valence-electron chi connectivity index (χ0n) is 24.6. The van der Waals surface area contributed by atoms with Crippen LogP contribution in [-0.2, 0) is 23.9 Å². The Morgan fingerprint density at radius 3 is 2.36 bits per heavy atom. The average molecular weight is 548 g/mol. The van der Waals surface area contributed by atoms with Gasteiger partial charge in [0.2, 0.25) is 11.8 Å². The number of nitrogens with one attached hydrogen (secondary N) is 1. The molecule has 2 heterocycles. The highest BCUT2D eigenvalue weighted by molar-refractivity contribution is 5.82. The van der Waals surface area contributed by atoms with Gasteiger partial charge in [0.1, 0.15) is 11.6 Å². The van der Waals surface area contributed by atoms with Crippen LogP contribution in [0.25, 0.3) is 0 Å². The Morgan fingerprint density at radius 2 is 1.74 bits per heavy atom. The minimum atomic E-state index is -0.729. The van der Waals surface area contributed by atoms with E-state index in [9.17, 15) is 19.2 Å². The first-order chi connectivity index (χ1) is 18.4. The Morgan fingerprint density at radius 1 is 1.05 bits per heavy atom. The standard InChI is InChI=1S/C30H49N3O6/c1-7-25(20-27(35)38-19-9-10-22(2)3)31-28(36)24-11-8-16-33(21-24)26(34)13-12-23-14-17-32(18-15-23)29(37)39-30(4,5)6/h1,22-25H,8-21H2,2-6H3,(H,31,36)/t24-,25-/m1/s1. The topological polar surface area (TPSA) is 105 Å². The second-order valence-corrected chi connectivity index (χ2v) is 12.3. The number of hydrogen-bond acceptors (Lipinski definition) is 6. The quantitative estimate of drug-likeness (QED) is 0.237. The molecule has 0 aromatic heterocycles. The molecule has 220 valence electrons. The van der Waals surface area contributed by atoms with Gasteiger partial charge in [-0.05, 0) is 77.6 Å². The number of terminal acetylenes is 1. The third-order valence-electron chi connectivity index (χ3n) is 7.25. The fourth-order valence-corrected chi connectivity index (χ4v) is 4.98. The van der Waals surface area contributed by atoms with Gasteiger partial charge in [0.05, 0.1) is 18.9 Å². The molecule has 2 saturated heterocycles. The van der Waals surface area contributed by atoms with Gasteiger partial charge in [-0.2, -0.15) is 0 Å². The molecule has 0 unspecified atom stereocenters. The molecule has 0 spiro atoms. The van der Waals surface area contributed by atoms with Crippen molar-refractivity contribution in [2.75, 3.05) is 32.8 Å². The molecule has 9 nitrogen and oxygen atoms in total. The number of amides is 3. The summed E-state index contributed by atoms with van der Waals surface area (Å²) in [7, 11) is 0. The van der Waals surface area contributed by atoms with Crippen LogP contribution in [0.5, 0.6) is 0 Å². The summed E-state index contributed by atoms with van der Waals surface area (Å²) in [5.41, 5.74) is -0.510. The molecule has 0 aliphatic carbocycles. The zero-order valence-corrected chi connectivity index (χ0v) is 24.6. The van der Waals surface area contributed by atoms with Crippen LogP contribution in [-0.4, -0.2) is 78.1 Å². The highest BCUT2D eigenvalue weighted by Crippen LogP contribution is 2.25. The first-order valence-electron chi connectivity index (χ1n) is 14.6. The molecule has 39 heavy (non-hydrogen) atoms. The van der Waals surface area contributed by atoms with Gasteiger partial charge in [-0.1, -0.05) is 19.8 Å². The number of carbonyl (C=O) groups is 4. The van der Waals surface area contributed by atoms with E-state index in [1.165, 1.54) is 0 Å². The Labute approximate surface area is 234 Å². The van der Waals surface area contributed by atoms with E-state index in [1.54, 1.807) is 9.80 Å². The molecule has 2 atom stereocenters. The van der Waals surface area contributed by atoms with Crippen molar-refractivity contribution in [2.45, 2.75) is 104 Å². The molecule has 0 aromatic carbocycles. The molecular weight excluding hydrogens is 498 g/mol. The molecule has 0 bridgehead atoms. The van der Waals surface area contributed by atoms with Crippen molar-refractivity contribution in [1.29, 1.82) is 0 Å². The van der Waals surface area contributed by atoms with Crippen LogP contribution >= 0.6 is 0 Å². The number of hydrogen-bond donors (Lipinski definition) is 1. The summed E-state index contributed by atoms with van der Waals surface area (Å²) >= 11 is 0. The third-order valence-corrected chi connectivity index (χ3v) is 7.25. The van der Waals surface area contributed by atoms with E-state index in [1.807, 2.05) is 20.8 Å². The van der Waals surface area contributed by atoms with Gasteiger partial charge in [-0.15, -0.1) is 6.42 Å². The van der Waals surface area contributed by atoms with Crippen LogP contribution in [0.4, 0.5) is 4.79 Å². The van der Waals surface area contributed by atoms with Crippen LogP contribution in [0.1, 0.15) is 92.4 Å². The minimum Gasteiger partial charge on any atom is -0.466 e. The van der Waals surface area contributed by atoms with E-state index in [4.69, 9.17) is 15.9 Å². The second-order valence-electron chi connectivity index (χ2n) is 12.3. The highest BCUT2D eigenvalue weighted by Gasteiger charge is 2.31. The average Bonchev–Trinajstić information content (AvgIpc) is 2.88. The second kappa shape index (κ2) is 15.7. The fourth-order valence-electron chi connectivity index (χ4n) is 4.98. The monoisotopic (exact) mass is 547 g/mol. The largest absolute Gasteiger partial charge is 0.466 e. The number of rotatable bonds is 11. The van der Waals surface area contributed by atoms with E-state index in [0.717, 1.165) is 38.5 Å². The summed E-state index contributed by atoms with van der Waals surface area (Å²) in [5.74, 6) is 2.48. The van der Waals surface area contributed by atoms with Gasteiger partial charge < -0.3 is 24.6 Å². The lowest BCUT2D eigenvalue weighted by molar-refractivity contribution is -0.144. The third kappa shape index (κ3) is 12.3. The van der Waals surface area contributed by atoms with Gasteiger partial charge in [-0.3, -0.25) is 14.4 Å². The van der Waals surface area contributed by atoms with Gasteiger partial charge in [0.15, 0.2) is 0 Å². The number of likely N-dealkylation sites (tertiary alicyclic amines) is 2. The van der Waals surface area contributed by atoms with Crippen LogP contribution in [0, 0.1) is 30.1 Å². The maximum absolute atomic E-state index is 12.9. The Kier molecular flexibility index (Phi) is 13.1. The van der Waals surface area contributed by atoms with Crippen LogP contribution < -0.4 is 5.32 Å². The Bertz CT molecular complexity index is 867. The summed E-state index contributed by atoms with van der Waals surface area (Å²) in [6, 6.07) is -0.729. The van der Waals surface area contributed by atoms with Crippen molar-refractivity contribution in [3.63, 3.8) is 0 Å². The van der Waals surface area contributed by atoms with Gasteiger partial charge >= 0.3 is 12.1 Å². The van der Waals surface area contributed by atoms with Gasteiger partial charge in [-0.25, -0.2) is 4.79 Å². The molecule has 9 heteroatoms. The molecule has 0 radical (unpaired) electrons. The van der Waals surface area contributed by atoms with E-state index >= 15 is 0 Å². The lowest BCUT2D eigenvalue weighted by atomic mass is 9.91. The Hall–Kier alpha value is -2.76. The van der Waals surface area contributed by atoms with Crippen molar-refractivity contribution >= 4 is 23.9 Å². The molecule has 1 N–H and O–H groups in total. The normalized spacial score (nSPS) is 19.3. The summed E-state index contributed by atoms with van der Waals surface area (Å²) in [5, 5.41) is 2.79. The van der Waals surface area contributed by atoms with Crippen molar-refractivity contribution in [1.82, 2.24) is 15.1 Å². The smallest absolute Gasteiger partial charge is 0.410 e.